The number of halogens is 1. The summed E-state index contributed by atoms with van der Waals surface area (Å²) in [6.07, 6.45) is 3.65. The predicted octanol–water partition coefficient (Wildman–Crippen LogP) is 5.34. The molecule has 0 unspecified atom stereocenters. The minimum atomic E-state index is -0.0765. The SMILES string of the molecule is O=C(NCc1ccccc1)c1ccc(CSc2nc(Cl)cc(N3CCCCC3)n2)cc1. The fraction of sp³-hybridized carbons (Fsp3) is 0.292. The number of benzene rings is 2. The Kier molecular flexibility index (Phi) is 7.43. The summed E-state index contributed by atoms with van der Waals surface area (Å²) in [7, 11) is 0. The third-order valence-corrected chi connectivity index (χ3v) is 6.33. The number of nitrogens with zero attached hydrogens (tertiary/aromatic N) is 3. The number of hydrogen-bond acceptors (Lipinski definition) is 5. The van der Waals surface area contributed by atoms with Crippen LogP contribution in [-0.4, -0.2) is 29.0 Å². The second-order valence-electron chi connectivity index (χ2n) is 7.53. The maximum atomic E-state index is 12.4. The number of anilines is 1. The molecule has 0 saturated carbocycles. The van der Waals surface area contributed by atoms with E-state index < -0.39 is 0 Å². The number of nitrogens with one attached hydrogen (secondary N) is 1. The van der Waals surface area contributed by atoms with E-state index in [2.05, 4.69) is 15.2 Å². The van der Waals surface area contributed by atoms with Gasteiger partial charge in [0.05, 0.1) is 0 Å². The molecule has 0 radical (unpaired) electrons. The molecule has 3 aromatic rings. The first kappa shape index (κ1) is 21.7. The van der Waals surface area contributed by atoms with Crippen LogP contribution in [0.2, 0.25) is 5.15 Å². The Hall–Kier alpha value is -2.57. The van der Waals surface area contributed by atoms with Crippen LogP contribution >= 0.6 is 23.4 Å². The van der Waals surface area contributed by atoms with Crippen molar-refractivity contribution < 1.29 is 4.79 Å². The van der Waals surface area contributed by atoms with Gasteiger partial charge in [0, 0.05) is 37.0 Å². The first-order chi connectivity index (χ1) is 15.2. The third kappa shape index (κ3) is 6.21. The molecular weight excluding hydrogens is 428 g/mol. The summed E-state index contributed by atoms with van der Waals surface area (Å²) >= 11 is 7.80. The van der Waals surface area contributed by atoms with Gasteiger partial charge in [-0.25, -0.2) is 9.97 Å². The first-order valence-electron chi connectivity index (χ1n) is 10.5. The fourth-order valence-electron chi connectivity index (χ4n) is 3.52. The van der Waals surface area contributed by atoms with E-state index in [1.807, 2.05) is 60.7 Å². The molecule has 1 N–H and O–H groups in total. The van der Waals surface area contributed by atoms with E-state index in [4.69, 9.17) is 16.6 Å². The van der Waals surface area contributed by atoms with Crippen LogP contribution in [0.3, 0.4) is 0 Å². The molecule has 2 aromatic carbocycles. The quantitative estimate of drug-likeness (QED) is 0.298. The van der Waals surface area contributed by atoms with Crippen molar-refractivity contribution in [1.82, 2.24) is 15.3 Å². The number of amides is 1. The zero-order valence-electron chi connectivity index (χ0n) is 17.3. The molecule has 1 amide bonds. The molecule has 0 spiro atoms. The van der Waals surface area contributed by atoms with Crippen LogP contribution in [0.15, 0.2) is 65.8 Å². The van der Waals surface area contributed by atoms with Gasteiger partial charge in [-0.15, -0.1) is 0 Å². The van der Waals surface area contributed by atoms with Gasteiger partial charge in [0.2, 0.25) is 0 Å². The number of carbonyl (C=O) groups is 1. The predicted molar refractivity (Wildman–Crippen MR) is 127 cm³/mol. The molecule has 7 heteroatoms. The highest BCUT2D eigenvalue weighted by Gasteiger charge is 2.14. The van der Waals surface area contributed by atoms with Crippen LogP contribution in [0.5, 0.6) is 0 Å². The number of rotatable bonds is 7. The number of carbonyl (C=O) groups excluding carboxylic acids is 1. The fourth-order valence-corrected chi connectivity index (χ4v) is 4.55. The summed E-state index contributed by atoms with van der Waals surface area (Å²) in [6, 6.07) is 19.4. The van der Waals surface area contributed by atoms with Crippen molar-refractivity contribution in [2.24, 2.45) is 0 Å². The Labute approximate surface area is 192 Å². The minimum Gasteiger partial charge on any atom is -0.356 e. The smallest absolute Gasteiger partial charge is 0.251 e. The molecule has 4 rings (SSSR count). The normalized spacial score (nSPS) is 13.8. The van der Waals surface area contributed by atoms with Gasteiger partial charge in [-0.3, -0.25) is 4.79 Å². The molecule has 160 valence electrons. The average molecular weight is 453 g/mol. The van der Waals surface area contributed by atoms with Gasteiger partial charge < -0.3 is 10.2 Å². The summed E-state index contributed by atoms with van der Waals surface area (Å²) in [6.45, 7) is 2.55. The molecule has 31 heavy (non-hydrogen) atoms. The van der Waals surface area contributed by atoms with E-state index in [1.165, 1.54) is 19.3 Å². The number of aromatic nitrogens is 2. The van der Waals surface area contributed by atoms with Crippen LogP contribution < -0.4 is 10.2 Å². The van der Waals surface area contributed by atoms with E-state index >= 15 is 0 Å². The lowest BCUT2D eigenvalue weighted by atomic mass is 10.1. The lowest BCUT2D eigenvalue weighted by molar-refractivity contribution is 0.0951. The summed E-state index contributed by atoms with van der Waals surface area (Å²) in [4.78, 5) is 23.7. The van der Waals surface area contributed by atoms with Crippen LogP contribution in [0, 0.1) is 0 Å². The van der Waals surface area contributed by atoms with Crippen molar-refractivity contribution in [3.63, 3.8) is 0 Å². The van der Waals surface area contributed by atoms with Gasteiger partial charge in [0.25, 0.3) is 5.91 Å². The van der Waals surface area contributed by atoms with Crippen molar-refractivity contribution in [2.45, 2.75) is 36.7 Å². The lowest BCUT2D eigenvalue weighted by Crippen LogP contribution is -2.30. The summed E-state index contributed by atoms with van der Waals surface area (Å²) < 4.78 is 0. The van der Waals surface area contributed by atoms with Gasteiger partial charge >= 0.3 is 0 Å². The van der Waals surface area contributed by atoms with Crippen LogP contribution in [0.1, 0.15) is 40.7 Å². The molecular formula is C24H25ClN4OS. The topological polar surface area (TPSA) is 58.1 Å². The zero-order valence-corrected chi connectivity index (χ0v) is 18.8. The molecule has 2 heterocycles. The van der Waals surface area contributed by atoms with Gasteiger partial charge in [-0.05, 0) is 42.5 Å². The summed E-state index contributed by atoms with van der Waals surface area (Å²) in [5.74, 6) is 1.55. The van der Waals surface area contributed by atoms with E-state index in [-0.39, 0.29) is 5.91 Å². The molecule has 0 bridgehead atoms. The second-order valence-corrected chi connectivity index (χ2v) is 8.86. The summed E-state index contributed by atoms with van der Waals surface area (Å²) in [5.41, 5.74) is 2.83. The average Bonchev–Trinajstić information content (AvgIpc) is 2.82. The Morgan fingerprint density at radius 1 is 0.968 bits per heavy atom. The van der Waals surface area contributed by atoms with E-state index in [0.717, 1.165) is 30.0 Å². The van der Waals surface area contributed by atoms with Crippen molar-refractivity contribution in [3.05, 3.63) is 82.5 Å². The minimum absolute atomic E-state index is 0.0765. The molecule has 0 aliphatic carbocycles. The second kappa shape index (κ2) is 10.6. The largest absolute Gasteiger partial charge is 0.356 e. The molecule has 1 aromatic heterocycles. The van der Waals surface area contributed by atoms with Crippen molar-refractivity contribution in [1.29, 1.82) is 0 Å². The molecule has 5 nitrogen and oxygen atoms in total. The maximum Gasteiger partial charge on any atom is 0.251 e. The lowest BCUT2D eigenvalue weighted by Gasteiger charge is -2.27. The molecule has 1 aliphatic rings. The molecule has 1 fully saturated rings. The van der Waals surface area contributed by atoms with E-state index in [0.29, 0.717) is 28.2 Å². The van der Waals surface area contributed by atoms with Crippen LogP contribution in [0.25, 0.3) is 0 Å². The molecule has 1 aliphatic heterocycles. The monoisotopic (exact) mass is 452 g/mol. The zero-order chi connectivity index (χ0) is 21.5. The van der Waals surface area contributed by atoms with Crippen LogP contribution in [-0.2, 0) is 12.3 Å². The highest BCUT2D eigenvalue weighted by molar-refractivity contribution is 7.98. The van der Waals surface area contributed by atoms with Gasteiger partial charge in [-0.1, -0.05) is 65.8 Å². The maximum absolute atomic E-state index is 12.4. The Bertz CT molecular complexity index is 1010. The Morgan fingerprint density at radius 2 is 1.71 bits per heavy atom. The van der Waals surface area contributed by atoms with Crippen molar-refractivity contribution in [2.75, 3.05) is 18.0 Å². The van der Waals surface area contributed by atoms with E-state index in [9.17, 15) is 4.79 Å². The molecule has 1 saturated heterocycles. The highest BCUT2D eigenvalue weighted by Crippen LogP contribution is 2.26. The third-order valence-electron chi connectivity index (χ3n) is 5.22. The number of hydrogen-bond donors (Lipinski definition) is 1. The van der Waals surface area contributed by atoms with Crippen molar-refractivity contribution in [3.8, 4) is 0 Å². The molecule has 0 atom stereocenters. The first-order valence-corrected chi connectivity index (χ1v) is 11.9. The summed E-state index contributed by atoms with van der Waals surface area (Å²) in [5, 5.41) is 4.11. The number of piperidine rings is 1. The number of thioether (sulfide) groups is 1. The standard InChI is InChI=1S/C24H25ClN4OS/c25-21-15-22(29-13-5-2-6-14-29)28-24(27-21)31-17-19-9-11-20(12-10-19)23(30)26-16-18-7-3-1-4-8-18/h1,3-4,7-12,15H,2,5-6,13-14,16-17H2,(H,26,30). The Balaban J connectivity index is 1.33. The van der Waals surface area contributed by atoms with Crippen molar-refractivity contribution >= 4 is 35.1 Å². The Morgan fingerprint density at radius 3 is 2.45 bits per heavy atom. The highest BCUT2D eigenvalue weighted by atomic mass is 35.5. The van der Waals surface area contributed by atoms with Gasteiger partial charge in [0.15, 0.2) is 5.16 Å². The van der Waals surface area contributed by atoms with Gasteiger partial charge in [0.1, 0.15) is 11.0 Å². The van der Waals surface area contributed by atoms with Gasteiger partial charge in [-0.2, -0.15) is 0 Å². The van der Waals surface area contributed by atoms with Crippen LogP contribution in [0.4, 0.5) is 5.82 Å². The van der Waals surface area contributed by atoms with E-state index in [1.54, 1.807) is 11.8 Å².